The van der Waals surface area contributed by atoms with Gasteiger partial charge in [0.1, 0.15) is 6.10 Å². The summed E-state index contributed by atoms with van der Waals surface area (Å²) < 4.78 is 5.55. The molecule has 3 saturated carbocycles. The average Bonchev–Trinajstić information content (AvgIpc) is 3.02. The standard InChI is InChI=1S/C30H49IO2/c1-20(2)8-6-7-9-23-14-15-24-12-10-22-11-13-25-19-26(33-28(31)32)18-21(3)30(25,5)27(22)16-17-29(23,24)4/h13,20-24,26-27H,6-12,14-19H2,1-5H3/t21?,22-,23-,24?,26-,27?,29+,30-/m0/s1. The van der Waals surface area contributed by atoms with Crippen molar-refractivity contribution in [3.05, 3.63) is 11.6 Å². The van der Waals surface area contributed by atoms with Crippen molar-refractivity contribution in [3.8, 4) is 0 Å². The lowest BCUT2D eigenvalue weighted by Gasteiger charge is -2.56. The lowest BCUT2D eigenvalue weighted by Crippen LogP contribution is -2.49. The molecule has 0 aromatic rings. The Morgan fingerprint density at radius 2 is 1.91 bits per heavy atom. The van der Waals surface area contributed by atoms with Crippen LogP contribution in [0.15, 0.2) is 11.6 Å². The first-order chi connectivity index (χ1) is 15.6. The molecule has 3 unspecified atom stereocenters. The van der Waals surface area contributed by atoms with Crippen LogP contribution in [0.25, 0.3) is 0 Å². The van der Waals surface area contributed by atoms with Gasteiger partial charge in [0.05, 0.1) is 22.6 Å². The summed E-state index contributed by atoms with van der Waals surface area (Å²) in [5.74, 6) is 5.02. The van der Waals surface area contributed by atoms with Crippen molar-refractivity contribution < 1.29 is 9.53 Å². The molecule has 3 fully saturated rings. The fourth-order valence-corrected chi connectivity index (χ4v) is 9.37. The van der Waals surface area contributed by atoms with Crippen molar-refractivity contribution in [1.29, 1.82) is 0 Å². The van der Waals surface area contributed by atoms with Crippen LogP contribution in [0.5, 0.6) is 0 Å². The fraction of sp³-hybridized carbons (Fsp3) is 0.900. The van der Waals surface area contributed by atoms with Crippen LogP contribution in [0.2, 0.25) is 0 Å². The van der Waals surface area contributed by atoms with Crippen LogP contribution in [0, 0.1) is 46.3 Å². The van der Waals surface area contributed by atoms with Crippen LogP contribution in [-0.2, 0) is 4.74 Å². The molecular formula is C30H49IO2. The van der Waals surface area contributed by atoms with Crippen LogP contribution < -0.4 is 0 Å². The quantitative estimate of drug-likeness (QED) is 0.138. The summed E-state index contributed by atoms with van der Waals surface area (Å²) in [5.41, 5.74) is 2.48. The number of rotatable bonds is 6. The van der Waals surface area contributed by atoms with E-state index in [9.17, 15) is 4.79 Å². The maximum Gasteiger partial charge on any atom is 0.367 e. The summed E-state index contributed by atoms with van der Waals surface area (Å²) in [7, 11) is 0. The number of fused-ring (bicyclic) bond motifs is 4. The number of unbranched alkanes of at least 4 members (excludes halogenated alkanes) is 1. The van der Waals surface area contributed by atoms with Crippen LogP contribution in [-0.4, -0.2) is 10.1 Å². The highest BCUT2D eigenvalue weighted by Gasteiger charge is 2.54. The lowest BCUT2D eigenvalue weighted by atomic mass is 9.49. The molecule has 4 aliphatic rings. The number of hydrogen-bond acceptors (Lipinski definition) is 2. The summed E-state index contributed by atoms with van der Waals surface area (Å²) in [6, 6.07) is 0. The minimum absolute atomic E-state index is 0.0841. The normalized spacial score (nSPS) is 43.1. The number of carbonyl (C=O) groups excluding carboxylic acids is 1. The maximum atomic E-state index is 11.6. The van der Waals surface area contributed by atoms with Gasteiger partial charge in [-0.3, -0.25) is 0 Å². The molecule has 0 saturated heterocycles. The molecule has 4 aliphatic carbocycles. The van der Waals surface area contributed by atoms with Gasteiger partial charge in [0.2, 0.25) is 0 Å². The molecule has 8 atom stereocenters. The van der Waals surface area contributed by atoms with Gasteiger partial charge in [0.15, 0.2) is 0 Å². The third-order valence-electron chi connectivity index (χ3n) is 11.2. The first-order valence-electron chi connectivity index (χ1n) is 14.2. The van der Waals surface area contributed by atoms with Crippen LogP contribution in [0.4, 0.5) is 4.79 Å². The molecule has 0 amide bonds. The number of allylic oxidation sites excluding steroid dienone is 1. The summed E-state index contributed by atoms with van der Waals surface area (Å²) in [4.78, 5) is 11.6. The number of halogens is 1. The summed E-state index contributed by atoms with van der Waals surface area (Å²) >= 11 is 1.79. The minimum atomic E-state index is -0.145. The summed E-state index contributed by atoms with van der Waals surface area (Å²) in [6.07, 6.45) is 20.4. The van der Waals surface area contributed by atoms with Gasteiger partial charge in [-0.1, -0.05) is 65.5 Å². The third-order valence-corrected chi connectivity index (χ3v) is 11.5. The molecule has 0 spiro atoms. The van der Waals surface area contributed by atoms with Crippen molar-refractivity contribution in [2.45, 2.75) is 124 Å². The molecule has 0 heterocycles. The first kappa shape index (κ1) is 26.0. The van der Waals surface area contributed by atoms with E-state index >= 15 is 0 Å². The van der Waals surface area contributed by atoms with Gasteiger partial charge in [-0.15, -0.1) is 0 Å². The second-order valence-corrected chi connectivity index (χ2v) is 14.1. The molecule has 4 rings (SSSR count). The van der Waals surface area contributed by atoms with Crippen molar-refractivity contribution >= 4 is 26.6 Å². The van der Waals surface area contributed by atoms with E-state index in [0.29, 0.717) is 16.7 Å². The Labute approximate surface area is 217 Å². The number of hydrogen-bond donors (Lipinski definition) is 0. The van der Waals surface area contributed by atoms with E-state index in [2.05, 4.69) is 40.7 Å². The zero-order chi connectivity index (χ0) is 23.8. The van der Waals surface area contributed by atoms with Crippen LogP contribution in [0.3, 0.4) is 0 Å². The van der Waals surface area contributed by atoms with Gasteiger partial charge in [-0.25, -0.2) is 4.79 Å². The summed E-state index contributed by atoms with van der Waals surface area (Å²) in [5, 5.41) is 0. The van der Waals surface area contributed by atoms with E-state index < -0.39 is 0 Å². The monoisotopic (exact) mass is 568 g/mol. The number of ether oxygens (including phenoxy) is 1. The van der Waals surface area contributed by atoms with Crippen LogP contribution in [0.1, 0.15) is 118 Å². The van der Waals surface area contributed by atoms with Gasteiger partial charge in [-0.05, 0) is 104 Å². The molecule has 0 aromatic heterocycles. The van der Waals surface area contributed by atoms with Gasteiger partial charge in [0.25, 0.3) is 0 Å². The molecule has 33 heavy (non-hydrogen) atoms. The predicted octanol–water partition coefficient (Wildman–Crippen LogP) is 9.75. The van der Waals surface area contributed by atoms with Crippen molar-refractivity contribution in [2.24, 2.45) is 46.3 Å². The van der Waals surface area contributed by atoms with Gasteiger partial charge < -0.3 is 4.74 Å². The smallest absolute Gasteiger partial charge is 0.367 e. The molecular weight excluding hydrogens is 519 g/mol. The molecule has 0 radical (unpaired) electrons. The highest BCUT2D eigenvalue weighted by atomic mass is 127. The van der Waals surface area contributed by atoms with Crippen molar-refractivity contribution in [2.75, 3.05) is 0 Å². The zero-order valence-electron chi connectivity index (χ0n) is 22.0. The SMILES string of the molecule is CC(C)CCCC[C@H]1CCC2CC[C@H]3CC=C4C[C@@H](OC(=O)I)CC(C)[C@]4(C)C3CC[C@@]21C. The van der Waals surface area contributed by atoms with E-state index in [-0.39, 0.29) is 10.1 Å². The van der Waals surface area contributed by atoms with E-state index in [1.165, 1.54) is 70.6 Å². The fourth-order valence-electron chi connectivity index (χ4n) is 9.01. The molecule has 0 N–H and O–H groups in total. The Morgan fingerprint density at radius 3 is 2.64 bits per heavy atom. The molecule has 0 aromatic carbocycles. The van der Waals surface area contributed by atoms with E-state index in [1.807, 2.05) is 0 Å². The summed E-state index contributed by atoms with van der Waals surface area (Å²) in [6.45, 7) is 12.5. The second kappa shape index (κ2) is 10.5. The first-order valence-corrected chi connectivity index (χ1v) is 15.3. The van der Waals surface area contributed by atoms with E-state index in [4.69, 9.17) is 4.74 Å². The highest BCUT2D eigenvalue weighted by molar-refractivity contribution is 14.1. The average molecular weight is 569 g/mol. The molecule has 0 aliphatic heterocycles. The highest BCUT2D eigenvalue weighted by Crippen LogP contribution is 2.62. The van der Waals surface area contributed by atoms with Crippen LogP contribution >= 0.6 is 22.6 Å². The molecule has 0 bridgehead atoms. The Hall–Kier alpha value is -0.0600. The Kier molecular flexibility index (Phi) is 8.28. The Balaban J connectivity index is 1.47. The third kappa shape index (κ3) is 5.24. The largest absolute Gasteiger partial charge is 0.455 e. The molecule has 188 valence electrons. The Bertz CT molecular complexity index is 729. The number of carbonyl (C=O) groups is 1. The molecule has 2 nitrogen and oxygen atoms in total. The van der Waals surface area contributed by atoms with Crippen molar-refractivity contribution in [3.63, 3.8) is 0 Å². The lowest BCUT2D eigenvalue weighted by molar-refractivity contribution is -0.0222. The zero-order valence-corrected chi connectivity index (χ0v) is 24.2. The van der Waals surface area contributed by atoms with Gasteiger partial charge in [-0.2, -0.15) is 0 Å². The predicted molar refractivity (Wildman–Crippen MR) is 147 cm³/mol. The van der Waals surface area contributed by atoms with E-state index in [1.54, 1.807) is 28.2 Å². The maximum absolute atomic E-state index is 11.6. The minimum Gasteiger partial charge on any atom is -0.455 e. The second-order valence-electron chi connectivity index (χ2n) is 13.2. The molecule has 3 heteroatoms. The topological polar surface area (TPSA) is 26.3 Å². The Morgan fingerprint density at radius 1 is 1.15 bits per heavy atom. The van der Waals surface area contributed by atoms with Crippen molar-refractivity contribution in [1.82, 2.24) is 0 Å². The van der Waals surface area contributed by atoms with E-state index in [0.717, 1.165) is 42.4 Å². The van der Waals surface area contributed by atoms with Gasteiger partial charge >= 0.3 is 3.98 Å². The van der Waals surface area contributed by atoms with Gasteiger partial charge in [0, 0.05) is 6.42 Å².